The maximum atomic E-state index is 13.2. The number of aryl methyl sites for hydroxylation is 2. The molecule has 0 saturated heterocycles. The molecular formula is C15H15FN2O2. The van der Waals surface area contributed by atoms with E-state index in [1.54, 1.807) is 32.2 Å². The van der Waals surface area contributed by atoms with Gasteiger partial charge in [0, 0.05) is 6.20 Å². The minimum Gasteiger partial charge on any atom is -0.481 e. The van der Waals surface area contributed by atoms with Crippen molar-refractivity contribution in [1.29, 1.82) is 0 Å². The monoisotopic (exact) mass is 274 g/mol. The molecule has 0 saturated carbocycles. The molecule has 1 unspecified atom stereocenters. The fraction of sp³-hybridized carbons (Fsp3) is 0.267. The van der Waals surface area contributed by atoms with E-state index in [0.29, 0.717) is 22.6 Å². The summed E-state index contributed by atoms with van der Waals surface area (Å²) in [5.74, 6) is -2.19. The van der Waals surface area contributed by atoms with E-state index in [-0.39, 0.29) is 12.2 Å². The van der Waals surface area contributed by atoms with E-state index in [2.05, 4.69) is 9.97 Å². The van der Waals surface area contributed by atoms with Gasteiger partial charge in [-0.2, -0.15) is 0 Å². The van der Waals surface area contributed by atoms with Crippen LogP contribution in [0.5, 0.6) is 0 Å². The van der Waals surface area contributed by atoms with E-state index in [1.165, 1.54) is 12.1 Å². The van der Waals surface area contributed by atoms with Gasteiger partial charge in [-0.15, -0.1) is 0 Å². The SMILES string of the molecule is Cc1cnc(C)c(C(Cc2cccc(F)c2)C(=O)O)n1. The molecular weight excluding hydrogens is 259 g/mol. The van der Waals surface area contributed by atoms with Gasteiger partial charge in [-0.25, -0.2) is 4.39 Å². The second-order valence-electron chi connectivity index (χ2n) is 4.71. The van der Waals surface area contributed by atoms with Crippen LogP contribution in [0.1, 0.15) is 28.6 Å². The van der Waals surface area contributed by atoms with Crippen LogP contribution < -0.4 is 0 Å². The van der Waals surface area contributed by atoms with Crippen molar-refractivity contribution in [1.82, 2.24) is 9.97 Å². The number of carbonyl (C=O) groups is 1. The Bertz CT molecular complexity index is 644. The Hall–Kier alpha value is -2.30. The Kier molecular flexibility index (Phi) is 4.08. The highest BCUT2D eigenvalue weighted by Crippen LogP contribution is 2.22. The first-order chi connectivity index (χ1) is 9.47. The highest BCUT2D eigenvalue weighted by molar-refractivity contribution is 5.76. The lowest BCUT2D eigenvalue weighted by Crippen LogP contribution is -2.18. The van der Waals surface area contributed by atoms with Gasteiger partial charge in [0.1, 0.15) is 11.7 Å². The lowest BCUT2D eigenvalue weighted by Gasteiger charge is -2.14. The Morgan fingerprint density at radius 1 is 1.40 bits per heavy atom. The van der Waals surface area contributed by atoms with Crippen LogP contribution in [-0.4, -0.2) is 21.0 Å². The van der Waals surface area contributed by atoms with Crippen molar-refractivity contribution in [3.63, 3.8) is 0 Å². The molecule has 1 aromatic heterocycles. The number of aliphatic carboxylic acids is 1. The number of carboxylic acids is 1. The second-order valence-corrected chi connectivity index (χ2v) is 4.71. The topological polar surface area (TPSA) is 63.1 Å². The number of hydrogen-bond acceptors (Lipinski definition) is 3. The fourth-order valence-electron chi connectivity index (χ4n) is 2.09. The van der Waals surface area contributed by atoms with Crippen molar-refractivity contribution >= 4 is 5.97 Å². The van der Waals surface area contributed by atoms with Crippen LogP contribution in [0, 0.1) is 19.7 Å². The molecule has 1 heterocycles. The Morgan fingerprint density at radius 2 is 2.15 bits per heavy atom. The van der Waals surface area contributed by atoms with Crippen LogP contribution in [0.4, 0.5) is 4.39 Å². The van der Waals surface area contributed by atoms with Crippen molar-refractivity contribution in [3.8, 4) is 0 Å². The highest BCUT2D eigenvalue weighted by Gasteiger charge is 2.24. The molecule has 0 radical (unpaired) electrons. The summed E-state index contributed by atoms with van der Waals surface area (Å²) < 4.78 is 13.2. The smallest absolute Gasteiger partial charge is 0.313 e. The van der Waals surface area contributed by atoms with Gasteiger partial charge in [-0.1, -0.05) is 12.1 Å². The van der Waals surface area contributed by atoms with Gasteiger partial charge in [-0.3, -0.25) is 14.8 Å². The van der Waals surface area contributed by atoms with Crippen LogP contribution in [0.3, 0.4) is 0 Å². The van der Waals surface area contributed by atoms with E-state index in [9.17, 15) is 14.3 Å². The number of aromatic nitrogens is 2. The standard InChI is InChI=1S/C15H15FN2O2/c1-9-8-17-10(2)14(18-9)13(15(19)20)7-11-4-3-5-12(16)6-11/h3-6,8,13H,7H2,1-2H3,(H,19,20). The summed E-state index contributed by atoms with van der Waals surface area (Å²) in [5, 5.41) is 9.41. The molecule has 0 aliphatic carbocycles. The largest absolute Gasteiger partial charge is 0.481 e. The van der Waals surface area contributed by atoms with Gasteiger partial charge in [0.25, 0.3) is 0 Å². The zero-order valence-electron chi connectivity index (χ0n) is 11.3. The van der Waals surface area contributed by atoms with E-state index in [4.69, 9.17) is 0 Å². The van der Waals surface area contributed by atoms with E-state index < -0.39 is 11.9 Å². The third-order valence-corrected chi connectivity index (χ3v) is 3.07. The Balaban J connectivity index is 2.37. The zero-order valence-corrected chi connectivity index (χ0v) is 11.3. The normalized spacial score (nSPS) is 12.2. The molecule has 0 aliphatic rings. The quantitative estimate of drug-likeness (QED) is 0.931. The van der Waals surface area contributed by atoms with Gasteiger partial charge in [-0.05, 0) is 38.0 Å². The third-order valence-electron chi connectivity index (χ3n) is 3.07. The lowest BCUT2D eigenvalue weighted by atomic mass is 9.94. The molecule has 0 fully saturated rings. The fourth-order valence-corrected chi connectivity index (χ4v) is 2.09. The molecule has 0 spiro atoms. The molecule has 4 nitrogen and oxygen atoms in total. The van der Waals surface area contributed by atoms with Crippen molar-refractivity contribution in [2.24, 2.45) is 0 Å². The summed E-state index contributed by atoms with van der Waals surface area (Å²) in [7, 11) is 0. The molecule has 0 amide bonds. The molecule has 1 N–H and O–H groups in total. The van der Waals surface area contributed by atoms with E-state index >= 15 is 0 Å². The third kappa shape index (κ3) is 3.17. The first kappa shape index (κ1) is 14.1. The van der Waals surface area contributed by atoms with E-state index in [1.807, 2.05) is 0 Å². The lowest BCUT2D eigenvalue weighted by molar-refractivity contribution is -0.138. The maximum absolute atomic E-state index is 13.2. The molecule has 0 bridgehead atoms. The van der Waals surface area contributed by atoms with Crippen molar-refractivity contribution in [2.45, 2.75) is 26.2 Å². The van der Waals surface area contributed by atoms with Crippen LogP contribution >= 0.6 is 0 Å². The minimum absolute atomic E-state index is 0.187. The first-order valence-electron chi connectivity index (χ1n) is 6.24. The number of carboxylic acid groups (broad SMARTS) is 1. The first-order valence-corrected chi connectivity index (χ1v) is 6.24. The molecule has 104 valence electrons. The van der Waals surface area contributed by atoms with Gasteiger partial charge >= 0.3 is 5.97 Å². The van der Waals surface area contributed by atoms with Crippen molar-refractivity contribution in [3.05, 3.63) is 58.9 Å². The summed E-state index contributed by atoms with van der Waals surface area (Å²) in [6, 6.07) is 5.95. The zero-order chi connectivity index (χ0) is 14.7. The van der Waals surface area contributed by atoms with Gasteiger partial charge in [0.2, 0.25) is 0 Å². The Morgan fingerprint density at radius 3 is 2.80 bits per heavy atom. The van der Waals surface area contributed by atoms with Crippen LogP contribution in [0.25, 0.3) is 0 Å². The Labute approximate surface area is 116 Å². The van der Waals surface area contributed by atoms with Crippen LogP contribution in [0.15, 0.2) is 30.5 Å². The summed E-state index contributed by atoms with van der Waals surface area (Å²) >= 11 is 0. The average molecular weight is 274 g/mol. The molecule has 2 aromatic rings. The predicted molar refractivity (Wildman–Crippen MR) is 72.0 cm³/mol. The number of hydrogen-bond donors (Lipinski definition) is 1. The summed E-state index contributed by atoms with van der Waals surface area (Å²) in [6.45, 7) is 3.49. The molecule has 1 aromatic carbocycles. The molecule has 0 aliphatic heterocycles. The van der Waals surface area contributed by atoms with Crippen LogP contribution in [-0.2, 0) is 11.2 Å². The summed E-state index contributed by atoms with van der Waals surface area (Å²) in [5.41, 5.74) is 2.30. The summed E-state index contributed by atoms with van der Waals surface area (Å²) in [4.78, 5) is 19.9. The number of nitrogens with zero attached hydrogens (tertiary/aromatic N) is 2. The molecule has 20 heavy (non-hydrogen) atoms. The van der Waals surface area contributed by atoms with Gasteiger partial charge in [0.05, 0.1) is 17.1 Å². The number of benzene rings is 1. The number of rotatable bonds is 4. The van der Waals surface area contributed by atoms with Gasteiger partial charge in [0.15, 0.2) is 0 Å². The molecule has 1 atom stereocenters. The van der Waals surface area contributed by atoms with Crippen molar-refractivity contribution in [2.75, 3.05) is 0 Å². The summed E-state index contributed by atoms with van der Waals surface area (Å²) in [6.07, 6.45) is 1.78. The van der Waals surface area contributed by atoms with E-state index in [0.717, 1.165) is 0 Å². The molecule has 2 rings (SSSR count). The highest BCUT2D eigenvalue weighted by atomic mass is 19.1. The van der Waals surface area contributed by atoms with Gasteiger partial charge < -0.3 is 5.11 Å². The minimum atomic E-state index is -0.989. The number of halogens is 1. The maximum Gasteiger partial charge on any atom is 0.313 e. The molecule has 5 heteroatoms. The average Bonchev–Trinajstić information content (AvgIpc) is 2.39. The second kappa shape index (κ2) is 5.77. The van der Waals surface area contributed by atoms with Crippen molar-refractivity contribution < 1.29 is 14.3 Å². The van der Waals surface area contributed by atoms with Crippen LogP contribution in [0.2, 0.25) is 0 Å². The predicted octanol–water partition coefficient (Wildman–Crippen LogP) is 2.64.